The van der Waals surface area contributed by atoms with E-state index in [0.29, 0.717) is 17.0 Å². The zero-order chi connectivity index (χ0) is 12.8. The highest BCUT2D eigenvalue weighted by atomic mass is 16.5. The van der Waals surface area contributed by atoms with Crippen molar-refractivity contribution in [2.45, 2.75) is 33.3 Å². The molecule has 0 aliphatic rings. The number of nitrogens with zero attached hydrogens (tertiary/aromatic N) is 1. The first-order valence-electron chi connectivity index (χ1n) is 5.74. The van der Waals surface area contributed by atoms with Crippen LogP contribution in [-0.2, 0) is 4.74 Å². The minimum atomic E-state index is -0.331. The van der Waals surface area contributed by atoms with Gasteiger partial charge in [-0.15, -0.1) is 0 Å². The van der Waals surface area contributed by atoms with Gasteiger partial charge in [-0.1, -0.05) is 13.8 Å². The van der Waals surface area contributed by atoms with Crippen molar-refractivity contribution < 1.29 is 9.53 Å². The predicted molar refractivity (Wildman–Crippen MR) is 65.5 cm³/mol. The second-order valence-corrected chi connectivity index (χ2v) is 4.53. The van der Waals surface area contributed by atoms with Crippen LogP contribution in [0.25, 0.3) is 0 Å². The summed E-state index contributed by atoms with van der Waals surface area (Å²) in [5.41, 5.74) is 1.02. The Morgan fingerprint density at radius 1 is 1.29 bits per heavy atom. The Hall–Kier alpha value is -1.82. The number of hydrogen-bond donors (Lipinski definition) is 0. The molecule has 1 unspecified atom stereocenters. The Morgan fingerprint density at radius 3 is 2.35 bits per heavy atom. The zero-order valence-corrected chi connectivity index (χ0v) is 10.4. The van der Waals surface area contributed by atoms with Gasteiger partial charge in [-0.3, -0.25) is 0 Å². The lowest BCUT2D eigenvalue weighted by Crippen LogP contribution is -2.16. The Bertz CT molecular complexity index is 415. The third-order valence-electron chi connectivity index (χ3n) is 2.36. The van der Waals surface area contributed by atoms with Crippen molar-refractivity contribution in [3.05, 3.63) is 35.4 Å². The molecule has 17 heavy (non-hydrogen) atoms. The Balaban J connectivity index is 2.61. The molecule has 90 valence electrons. The molecular formula is C14H17NO2. The van der Waals surface area contributed by atoms with Crippen LogP contribution in [0.1, 0.15) is 43.1 Å². The summed E-state index contributed by atoms with van der Waals surface area (Å²) in [6.07, 6.45) is 0.764. The Labute approximate surface area is 102 Å². The van der Waals surface area contributed by atoms with Crippen molar-refractivity contribution in [2.24, 2.45) is 5.92 Å². The topological polar surface area (TPSA) is 50.1 Å². The van der Waals surface area contributed by atoms with Crippen LogP contribution in [0.3, 0.4) is 0 Å². The van der Waals surface area contributed by atoms with Gasteiger partial charge in [0.2, 0.25) is 0 Å². The number of rotatable bonds is 4. The Morgan fingerprint density at radius 2 is 1.88 bits per heavy atom. The highest BCUT2D eigenvalue weighted by Gasteiger charge is 2.12. The van der Waals surface area contributed by atoms with E-state index in [1.165, 1.54) is 0 Å². The average Bonchev–Trinajstić information content (AvgIpc) is 2.28. The van der Waals surface area contributed by atoms with Crippen LogP contribution >= 0.6 is 0 Å². The molecule has 0 amide bonds. The van der Waals surface area contributed by atoms with Gasteiger partial charge >= 0.3 is 5.97 Å². The van der Waals surface area contributed by atoms with Crippen LogP contribution in [0.2, 0.25) is 0 Å². The fourth-order valence-corrected chi connectivity index (χ4v) is 1.64. The maximum Gasteiger partial charge on any atom is 0.338 e. The highest BCUT2D eigenvalue weighted by molar-refractivity contribution is 5.89. The normalized spacial score (nSPS) is 11.9. The van der Waals surface area contributed by atoms with Gasteiger partial charge in [-0.05, 0) is 43.5 Å². The fraction of sp³-hybridized carbons (Fsp3) is 0.429. The molecule has 1 aromatic rings. The molecular weight excluding hydrogens is 214 g/mol. The monoisotopic (exact) mass is 231 g/mol. The summed E-state index contributed by atoms with van der Waals surface area (Å²) in [6, 6.07) is 8.47. The van der Waals surface area contributed by atoms with E-state index in [1.807, 2.05) is 13.0 Å². The number of benzene rings is 1. The van der Waals surface area contributed by atoms with Crippen LogP contribution in [-0.4, -0.2) is 12.1 Å². The summed E-state index contributed by atoms with van der Waals surface area (Å²) in [4.78, 5) is 11.7. The van der Waals surface area contributed by atoms with E-state index < -0.39 is 0 Å². The second kappa shape index (κ2) is 6.05. The number of ether oxygens (including phenoxy) is 1. The molecule has 3 heteroatoms. The third kappa shape index (κ3) is 4.28. The molecule has 0 heterocycles. The van der Waals surface area contributed by atoms with E-state index in [-0.39, 0.29) is 12.1 Å². The molecule has 0 spiro atoms. The molecule has 1 rings (SSSR count). The fourth-order valence-electron chi connectivity index (χ4n) is 1.64. The van der Waals surface area contributed by atoms with Crippen molar-refractivity contribution in [1.29, 1.82) is 5.26 Å². The van der Waals surface area contributed by atoms with E-state index in [1.54, 1.807) is 24.3 Å². The summed E-state index contributed by atoms with van der Waals surface area (Å²) in [5.74, 6) is 0.168. The number of esters is 1. The highest BCUT2D eigenvalue weighted by Crippen LogP contribution is 2.11. The molecule has 0 aromatic heterocycles. The van der Waals surface area contributed by atoms with Crippen LogP contribution in [0.5, 0.6) is 0 Å². The molecule has 0 radical (unpaired) electrons. The lowest BCUT2D eigenvalue weighted by atomic mass is 10.1. The number of carbonyl (C=O) groups excluding carboxylic acids is 1. The minimum Gasteiger partial charge on any atom is -0.459 e. The van der Waals surface area contributed by atoms with Crippen molar-refractivity contribution in [1.82, 2.24) is 0 Å². The Kier molecular flexibility index (Phi) is 4.71. The van der Waals surface area contributed by atoms with Gasteiger partial charge in [0.1, 0.15) is 0 Å². The van der Waals surface area contributed by atoms with Crippen LogP contribution in [0.15, 0.2) is 24.3 Å². The SMILES string of the molecule is CC(C)CC(C)OC(=O)c1ccc(C#N)cc1. The summed E-state index contributed by atoms with van der Waals surface area (Å²) in [7, 11) is 0. The number of hydrogen-bond acceptors (Lipinski definition) is 3. The van der Waals surface area contributed by atoms with Crippen LogP contribution < -0.4 is 0 Å². The van der Waals surface area contributed by atoms with Gasteiger partial charge in [0.25, 0.3) is 0 Å². The minimum absolute atomic E-state index is 0.0851. The van der Waals surface area contributed by atoms with Gasteiger partial charge < -0.3 is 4.74 Å². The van der Waals surface area contributed by atoms with Crippen LogP contribution in [0.4, 0.5) is 0 Å². The molecule has 1 aromatic carbocycles. The molecule has 0 N–H and O–H groups in total. The van der Waals surface area contributed by atoms with E-state index in [0.717, 1.165) is 6.42 Å². The van der Waals surface area contributed by atoms with Gasteiger partial charge in [0.05, 0.1) is 23.3 Å². The smallest absolute Gasteiger partial charge is 0.338 e. The largest absolute Gasteiger partial charge is 0.459 e. The molecule has 0 saturated heterocycles. The maximum absolute atomic E-state index is 11.7. The molecule has 0 bridgehead atoms. The lowest BCUT2D eigenvalue weighted by molar-refractivity contribution is 0.0299. The van der Waals surface area contributed by atoms with Crippen molar-refractivity contribution in [3.8, 4) is 6.07 Å². The molecule has 0 saturated carbocycles. The van der Waals surface area contributed by atoms with Crippen molar-refractivity contribution in [2.75, 3.05) is 0 Å². The predicted octanol–water partition coefficient (Wildman–Crippen LogP) is 3.15. The third-order valence-corrected chi connectivity index (χ3v) is 2.36. The van der Waals surface area contributed by atoms with Gasteiger partial charge in [-0.2, -0.15) is 5.26 Å². The first kappa shape index (κ1) is 13.2. The number of nitriles is 1. The average molecular weight is 231 g/mol. The van der Waals surface area contributed by atoms with Crippen LogP contribution in [0, 0.1) is 17.2 Å². The second-order valence-electron chi connectivity index (χ2n) is 4.53. The molecule has 0 aliphatic heterocycles. The summed E-state index contributed by atoms with van der Waals surface area (Å²) >= 11 is 0. The lowest BCUT2D eigenvalue weighted by Gasteiger charge is -2.15. The first-order valence-corrected chi connectivity index (χ1v) is 5.74. The number of carbonyl (C=O) groups is 1. The van der Waals surface area contributed by atoms with E-state index in [4.69, 9.17) is 10.00 Å². The van der Waals surface area contributed by atoms with E-state index in [9.17, 15) is 4.79 Å². The van der Waals surface area contributed by atoms with Crippen molar-refractivity contribution >= 4 is 5.97 Å². The van der Waals surface area contributed by atoms with Gasteiger partial charge in [0.15, 0.2) is 0 Å². The molecule has 0 fully saturated rings. The molecule has 3 nitrogen and oxygen atoms in total. The van der Waals surface area contributed by atoms with Gasteiger partial charge in [0, 0.05) is 0 Å². The first-order chi connectivity index (χ1) is 8.02. The quantitative estimate of drug-likeness (QED) is 0.748. The zero-order valence-electron chi connectivity index (χ0n) is 10.4. The molecule has 0 aliphatic carbocycles. The summed E-state index contributed by atoms with van der Waals surface area (Å²) < 4.78 is 5.30. The summed E-state index contributed by atoms with van der Waals surface area (Å²) in [6.45, 7) is 6.07. The van der Waals surface area contributed by atoms with E-state index in [2.05, 4.69) is 13.8 Å². The van der Waals surface area contributed by atoms with Gasteiger partial charge in [-0.25, -0.2) is 4.79 Å². The van der Waals surface area contributed by atoms with Crippen molar-refractivity contribution in [3.63, 3.8) is 0 Å². The standard InChI is InChI=1S/C14H17NO2/c1-10(2)8-11(3)17-14(16)13-6-4-12(9-15)5-7-13/h4-7,10-11H,8H2,1-3H3. The maximum atomic E-state index is 11.7. The molecule has 1 atom stereocenters. The summed E-state index contributed by atoms with van der Waals surface area (Å²) in [5, 5.41) is 8.65. The van der Waals surface area contributed by atoms with E-state index >= 15 is 0 Å².